The molecule has 0 aliphatic heterocycles. The second-order valence-corrected chi connectivity index (χ2v) is 4.87. The van der Waals surface area contributed by atoms with E-state index in [4.69, 9.17) is 0 Å². The molecule has 0 aliphatic carbocycles. The van der Waals surface area contributed by atoms with Crippen LogP contribution in [0.25, 0.3) is 0 Å². The molecule has 0 saturated heterocycles. The number of hydrogen-bond acceptors (Lipinski definition) is 1. The van der Waals surface area contributed by atoms with Gasteiger partial charge in [-0.25, -0.2) is 0 Å². The Morgan fingerprint density at radius 3 is 2.59 bits per heavy atom. The molecule has 0 spiro atoms. The van der Waals surface area contributed by atoms with Crippen molar-refractivity contribution in [3.05, 3.63) is 35.4 Å². The summed E-state index contributed by atoms with van der Waals surface area (Å²) in [7, 11) is 0. The molecule has 0 amide bonds. The van der Waals surface area contributed by atoms with E-state index < -0.39 is 0 Å². The van der Waals surface area contributed by atoms with E-state index in [0.29, 0.717) is 6.04 Å². The Morgan fingerprint density at radius 1 is 1.12 bits per heavy atom. The Kier molecular flexibility index (Phi) is 6.95. The fraction of sp³-hybridized carbons (Fsp3) is 0.625. The van der Waals surface area contributed by atoms with E-state index in [0.717, 1.165) is 6.54 Å². The molecule has 1 unspecified atom stereocenters. The van der Waals surface area contributed by atoms with Crippen molar-refractivity contribution in [2.24, 2.45) is 0 Å². The number of unbranched alkanes of at least 4 members (excludes halogenated alkanes) is 3. The minimum absolute atomic E-state index is 0.539. The standard InChI is InChI=1S/C16H27N/c1-4-6-7-8-12-16(17-5-2)15-11-9-10-14(3)13-15/h9-11,13,16-17H,4-8,12H2,1-3H3. The second kappa shape index (κ2) is 8.30. The van der Waals surface area contributed by atoms with Crippen molar-refractivity contribution in [3.63, 3.8) is 0 Å². The first-order valence-electron chi connectivity index (χ1n) is 7.07. The highest BCUT2D eigenvalue weighted by atomic mass is 14.9. The van der Waals surface area contributed by atoms with Gasteiger partial charge in [0, 0.05) is 6.04 Å². The third-order valence-corrected chi connectivity index (χ3v) is 3.24. The van der Waals surface area contributed by atoms with Gasteiger partial charge in [-0.15, -0.1) is 0 Å². The van der Waals surface area contributed by atoms with Crippen LogP contribution in [0.15, 0.2) is 24.3 Å². The quantitative estimate of drug-likeness (QED) is 0.646. The first-order chi connectivity index (χ1) is 8.27. The van der Waals surface area contributed by atoms with Crippen molar-refractivity contribution >= 4 is 0 Å². The van der Waals surface area contributed by atoms with Gasteiger partial charge in [0.25, 0.3) is 0 Å². The van der Waals surface area contributed by atoms with Crippen LogP contribution in [-0.2, 0) is 0 Å². The van der Waals surface area contributed by atoms with Gasteiger partial charge in [0.2, 0.25) is 0 Å². The van der Waals surface area contributed by atoms with Crippen LogP contribution in [0.1, 0.15) is 63.1 Å². The third kappa shape index (κ3) is 5.36. The lowest BCUT2D eigenvalue weighted by molar-refractivity contribution is 0.481. The van der Waals surface area contributed by atoms with E-state index in [1.807, 2.05) is 0 Å². The van der Waals surface area contributed by atoms with Gasteiger partial charge in [0.05, 0.1) is 0 Å². The molecule has 1 nitrogen and oxygen atoms in total. The summed E-state index contributed by atoms with van der Waals surface area (Å²) >= 11 is 0. The summed E-state index contributed by atoms with van der Waals surface area (Å²) in [6.45, 7) is 7.67. The van der Waals surface area contributed by atoms with Gasteiger partial charge in [0.1, 0.15) is 0 Å². The molecule has 0 radical (unpaired) electrons. The first kappa shape index (κ1) is 14.2. The maximum absolute atomic E-state index is 3.60. The van der Waals surface area contributed by atoms with Crippen LogP contribution >= 0.6 is 0 Å². The molecule has 1 aromatic rings. The third-order valence-electron chi connectivity index (χ3n) is 3.24. The van der Waals surface area contributed by atoms with Crippen LogP contribution in [0, 0.1) is 6.92 Å². The summed E-state index contributed by atoms with van der Waals surface area (Å²) in [5.74, 6) is 0. The lowest BCUT2D eigenvalue weighted by atomic mass is 9.98. The molecule has 0 aromatic heterocycles. The van der Waals surface area contributed by atoms with Crippen LogP contribution in [0.3, 0.4) is 0 Å². The fourth-order valence-electron chi connectivity index (χ4n) is 2.30. The molecule has 0 heterocycles. The lowest BCUT2D eigenvalue weighted by Crippen LogP contribution is -2.20. The minimum atomic E-state index is 0.539. The van der Waals surface area contributed by atoms with E-state index in [1.165, 1.54) is 43.2 Å². The maximum atomic E-state index is 3.60. The van der Waals surface area contributed by atoms with Crippen LogP contribution < -0.4 is 5.32 Å². The summed E-state index contributed by atoms with van der Waals surface area (Å²) in [5.41, 5.74) is 2.81. The maximum Gasteiger partial charge on any atom is 0.0320 e. The molecule has 1 rings (SSSR count). The molecule has 1 aromatic carbocycles. The molecule has 0 bridgehead atoms. The molecule has 1 N–H and O–H groups in total. The highest BCUT2D eigenvalue weighted by Crippen LogP contribution is 2.21. The van der Waals surface area contributed by atoms with Crippen molar-refractivity contribution in [1.82, 2.24) is 5.32 Å². The number of nitrogens with one attached hydrogen (secondary N) is 1. The topological polar surface area (TPSA) is 12.0 Å². The molecule has 1 heteroatoms. The summed E-state index contributed by atoms with van der Waals surface area (Å²) < 4.78 is 0. The smallest absolute Gasteiger partial charge is 0.0320 e. The molecule has 0 aliphatic rings. The average molecular weight is 233 g/mol. The van der Waals surface area contributed by atoms with Gasteiger partial charge in [-0.1, -0.05) is 69.4 Å². The first-order valence-corrected chi connectivity index (χ1v) is 7.07. The lowest BCUT2D eigenvalue weighted by Gasteiger charge is -2.18. The molecule has 0 fully saturated rings. The van der Waals surface area contributed by atoms with Gasteiger partial charge in [0.15, 0.2) is 0 Å². The van der Waals surface area contributed by atoms with Crippen molar-refractivity contribution in [3.8, 4) is 0 Å². The van der Waals surface area contributed by atoms with Gasteiger partial charge in [-0.2, -0.15) is 0 Å². The minimum Gasteiger partial charge on any atom is -0.310 e. The van der Waals surface area contributed by atoms with Gasteiger partial charge in [-0.05, 0) is 25.5 Å². The fourth-order valence-corrected chi connectivity index (χ4v) is 2.30. The predicted molar refractivity (Wildman–Crippen MR) is 76.4 cm³/mol. The Morgan fingerprint density at radius 2 is 1.94 bits per heavy atom. The second-order valence-electron chi connectivity index (χ2n) is 4.87. The van der Waals surface area contributed by atoms with Crippen LogP contribution in [0.4, 0.5) is 0 Å². The average Bonchev–Trinajstić information content (AvgIpc) is 2.33. The molecular weight excluding hydrogens is 206 g/mol. The monoisotopic (exact) mass is 233 g/mol. The normalized spacial score (nSPS) is 12.6. The summed E-state index contributed by atoms with van der Waals surface area (Å²) in [6.07, 6.45) is 6.64. The zero-order chi connectivity index (χ0) is 12.5. The SMILES string of the molecule is CCCCCCC(NCC)c1cccc(C)c1. The predicted octanol–water partition coefficient (Wildman–Crippen LogP) is 4.62. The van der Waals surface area contributed by atoms with E-state index >= 15 is 0 Å². The Hall–Kier alpha value is -0.820. The van der Waals surface area contributed by atoms with E-state index in [1.54, 1.807) is 0 Å². The Bertz CT molecular complexity index is 306. The molecule has 1 atom stereocenters. The zero-order valence-electron chi connectivity index (χ0n) is 11.6. The summed E-state index contributed by atoms with van der Waals surface area (Å²) in [5, 5.41) is 3.60. The zero-order valence-corrected chi connectivity index (χ0v) is 11.6. The molecular formula is C16H27N. The van der Waals surface area contributed by atoms with E-state index in [-0.39, 0.29) is 0 Å². The molecule has 17 heavy (non-hydrogen) atoms. The molecule has 0 saturated carbocycles. The van der Waals surface area contributed by atoms with Crippen molar-refractivity contribution < 1.29 is 0 Å². The molecule has 96 valence electrons. The number of hydrogen-bond donors (Lipinski definition) is 1. The largest absolute Gasteiger partial charge is 0.310 e. The highest BCUT2D eigenvalue weighted by molar-refractivity contribution is 5.25. The van der Waals surface area contributed by atoms with Crippen molar-refractivity contribution in [2.45, 2.75) is 58.9 Å². The van der Waals surface area contributed by atoms with Crippen molar-refractivity contribution in [1.29, 1.82) is 0 Å². The summed E-state index contributed by atoms with van der Waals surface area (Å²) in [6, 6.07) is 9.44. The van der Waals surface area contributed by atoms with Crippen LogP contribution in [0.2, 0.25) is 0 Å². The number of benzene rings is 1. The van der Waals surface area contributed by atoms with Gasteiger partial charge in [-0.3, -0.25) is 0 Å². The highest BCUT2D eigenvalue weighted by Gasteiger charge is 2.09. The Balaban J connectivity index is 2.52. The number of rotatable bonds is 8. The van der Waals surface area contributed by atoms with E-state index in [9.17, 15) is 0 Å². The summed E-state index contributed by atoms with van der Waals surface area (Å²) in [4.78, 5) is 0. The van der Waals surface area contributed by atoms with Crippen molar-refractivity contribution in [2.75, 3.05) is 6.54 Å². The van der Waals surface area contributed by atoms with Crippen LogP contribution in [0.5, 0.6) is 0 Å². The number of aryl methyl sites for hydroxylation is 1. The van der Waals surface area contributed by atoms with Crippen LogP contribution in [-0.4, -0.2) is 6.54 Å². The van der Waals surface area contributed by atoms with E-state index in [2.05, 4.69) is 50.4 Å². The van der Waals surface area contributed by atoms with Gasteiger partial charge < -0.3 is 5.32 Å². The Labute approximate surface area is 107 Å². The van der Waals surface area contributed by atoms with Gasteiger partial charge >= 0.3 is 0 Å².